The van der Waals surface area contributed by atoms with Gasteiger partial charge in [0.1, 0.15) is 0 Å². The Morgan fingerprint density at radius 2 is 1.61 bits per heavy atom. The number of nitrogens with zero attached hydrogens (tertiary/aromatic N) is 2. The van der Waals surface area contributed by atoms with E-state index in [-0.39, 0.29) is 0 Å². The second-order valence-corrected chi connectivity index (χ2v) is 11.0. The molecule has 1 aliphatic carbocycles. The third-order valence-corrected chi connectivity index (χ3v) is 8.83. The summed E-state index contributed by atoms with van der Waals surface area (Å²) in [5.41, 5.74) is 4.39. The molecular formula is C27H36Br2N2. The van der Waals surface area contributed by atoms with E-state index in [1.165, 1.54) is 49.3 Å². The number of hydrogen-bond acceptors (Lipinski definition) is 2. The minimum absolute atomic E-state index is 0.573. The van der Waals surface area contributed by atoms with E-state index in [1.807, 2.05) is 0 Å². The molecule has 0 N–H and O–H groups in total. The molecule has 1 saturated carbocycles. The average Bonchev–Trinajstić information content (AvgIpc) is 2.77. The summed E-state index contributed by atoms with van der Waals surface area (Å²) in [6, 6.07) is 22.6. The molecule has 31 heavy (non-hydrogen) atoms. The van der Waals surface area contributed by atoms with Gasteiger partial charge >= 0.3 is 0 Å². The monoisotopic (exact) mass is 546 g/mol. The molecule has 3 atom stereocenters. The van der Waals surface area contributed by atoms with Gasteiger partial charge in [0.05, 0.1) is 6.07 Å². The summed E-state index contributed by atoms with van der Waals surface area (Å²) < 4.78 is 0. The van der Waals surface area contributed by atoms with Crippen molar-refractivity contribution < 1.29 is 0 Å². The van der Waals surface area contributed by atoms with Crippen molar-refractivity contribution in [3.63, 3.8) is 0 Å². The number of rotatable bonds is 8. The van der Waals surface area contributed by atoms with Gasteiger partial charge in [-0.2, -0.15) is 5.26 Å². The largest absolute Gasteiger partial charge is 0.297 e. The van der Waals surface area contributed by atoms with Crippen molar-refractivity contribution in [3.05, 3.63) is 71.3 Å². The number of benzene rings is 2. The molecule has 1 aliphatic rings. The third-order valence-electron chi connectivity index (χ3n) is 6.01. The van der Waals surface area contributed by atoms with Crippen LogP contribution in [0.5, 0.6) is 0 Å². The highest BCUT2D eigenvalue weighted by Gasteiger charge is 2.27. The van der Waals surface area contributed by atoms with Crippen molar-refractivity contribution in [1.82, 2.24) is 4.90 Å². The SMILES string of the molecule is CC#N.CC(C)N(CCCc1ccc(C2CCC(Br)C(Br)C2)cc1)Cc1ccccc1. The van der Waals surface area contributed by atoms with E-state index in [2.05, 4.69) is 105 Å². The number of alkyl halides is 2. The van der Waals surface area contributed by atoms with E-state index in [4.69, 9.17) is 5.26 Å². The first-order valence-electron chi connectivity index (χ1n) is 11.4. The predicted molar refractivity (Wildman–Crippen MR) is 140 cm³/mol. The summed E-state index contributed by atoms with van der Waals surface area (Å²) in [7, 11) is 0. The maximum atomic E-state index is 7.32. The van der Waals surface area contributed by atoms with Crippen LogP contribution in [0.4, 0.5) is 0 Å². The third kappa shape index (κ3) is 9.08. The second-order valence-electron chi connectivity index (χ2n) is 8.66. The average molecular weight is 548 g/mol. The lowest BCUT2D eigenvalue weighted by Crippen LogP contribution is -2.31. The minimum atomic E-state index is 0.573. The van der Waals surface area contributed by atoms with Gasteiger partial charge in [-0.25, -0.2) is 0 Å². The molecule has 0 bridgehead atoms. The van der Waals surface area contributed by atoms with Crippen LogP contribution in [0.3, 0.4) is 0 Å². The van der Waals surface area contributed by atoms with E-state index in [0.717, 1.165) is 19.5 Å². The molecule has 2 aromatic carbocycles. The summed E-state index contributed by atoms with van der Waals surface area (Å²) in [6.45, 7) is 8.23. The summed E-state index contributed by atoms with van der Waals surface area (Å²) in [5.74, 6) is 0.703. The van der Waals surface area contributed by atoms with E-state index >= 15 is 0 Å². The highest BCUT2D eigenvalue weighted by atomic mass is 79.9. The fourth-order valence-electron chi connectivity index (χ4n) is 4.16. The molecule has 168 valence electrons. The van der Waals surface area contributed by atoms with Crippen molar-refractivity contribution >= 4 is 31.9 Å². The van der Waals surface area contributed by atoms with Crippen LogP contribution >= 0.6 is 31.9 Å². The van der Waals surface area contributed by atoms with Crippen LogP contribution in [0.2, 0.25) is 0 Å². The molecule has 0 heterocycles. The molecular weight excluding hydrogens is 512 g/mol. The molecule has 2 aromatic rings. The quantitative estimate of drug-likeness (QED) is 0.314. The molecule has 3 unspecified atom stereocenters. The normalized spacial score (nSPS) is 20.8. The van der Waals surface area contributed by atoms with Crippen molar-refractivity contribution in [2.45, 2.75) is 81.0 Å². The van der Waals surface area contributed by atoms with Crippen LogP contribution < -0.4 is 0 Å². The first kappa shape index (κ1) is 26.1. The van der Waals surface area contributed by atoms with Gasteiger partial charge in [-0.1, -0.05) is 86.5 Å². The highest BCUT2D eigenvalue weighted by Crippen LogP contribution is 2.39. The standard InChI is InChI=1S/C25H33Br2N.C2H3N/c1-19(2)28(18-21-7-4-3-5-8-21)16-6-9-20-10-12-22(13-11-20)23-14-15-24(26)25(27)17-23;1-2-3/h3-5,7-8,10-13,19,23-25H,6,9,14-18H2,1-2H3;1H3. The van der Waals surface area contributed by atoms with E-state index in [0.29, 0.717) is 21.6 Å². The molecule has 0 spiro atoms. The lowest BCUT2D eigenvalue weighted by molar-refractivity contribution is 0.210. The van der Waals surface area contributed by atoms with Gasteiger partial charge in [0.2, 0.25) is 0 Å². The maximum absolute atomic E-state index is 7.32. The van der Waals surface area contributed by atoms with Gasteiger partial charge in [0, 0.05) is 29.2 Å². The van der Waals surface area contributed by atoms with Crippen molar-refractivity contribution in [2.75, 3.05) is 6.54 Å². The zero-order valence-corrected chi connectivity index (χ0v) is 22.3. The Kier molecular flexibility index (Phi) is 11.9. The molecule has 1 fully saturated rings. The van der Waals surface area contributed by atoms with Crippen LogP contribution in [0.1, 0.15) is 69.1 Å². The van der Waals surface area contributed by atoms with Gasteiger partial charge in [0.25, 0.3) is 0 Å². The van der Waals surface area contributed by atoms with Gasteiger partial charge in [-0.3, -0.25) is 4.90 Å². The lowest BCUT2D eigenvalue weighted by Gasteiger charge is -2.30. The Morgan fingerprint density at radius 1 is 0.968 bits per heavy atom. The van der Waals surface area contributed by atoms with Gasteiger partial charge in [-0.05, 0) is 75.1 Å². The predicted octanol–water partition coefficient (Wildman–Crippen LogP) is 7.85. The summed E-state index contributed by atoms with van der Waals surface area (Å²) in [5, 5.41) is 7.32. The van der Waals surface area contributed by atoms with Gasteiger partial charge in [0.15, 0.2) is 0 Å². The first-order valence-corrected chi connectivity index (χ1v) is 13.2. The lowest BCUT2D eigenvalue weighted by atomic mass is 9.83. The number of aryl methyl sites for hydroxylation is 1. The Balaban J connectivity index is 0.00000107. The Hall–Kier alpha value is -1.15. The fraction of sp³-hybridized carbons (Fsp3) is 0.519. The molecule has 4 heteroatoms. The van der Waals surface area contributed by atoms with Crippen molar-refractivity contribution in [2.24, 2.45) is 0 Å². The summed E-state index contributed by atoms with van der Waals surface area (Å²) in [4.78, 5) is 3.80. The number of hydrogen-bond donors (Lipinski definition) is 0. The molecule has 0 aliphatic heterocycles. The van der Waals surface area contributed by atoms with Crippen LogP contribution in [-0.4, -0.2) is 27.1 Å². The van der Waals surface area contributed by atoms with Crippen molar-refractivity contribution in [1.29, 1.82) is 5.26 Å². The Morgan fingerprint density at radius 3 is 2.19 bits per heavy atom. The van der Waals surface area contributed by atoms with Crippen LogP contribution in [0.15, 0.2) is 54.6 Å². The van der Waals surface area contributed by atoms with E-state index < -0.39 is 0 Å². The number of nitriles is 1. The summed E-state index contributed by atoms with van der Waals surface area (Å²) in [6.07, 6.45) is 6.16. The highest BCUT2D eigenvalue weighted by molar-refractivity contribution is 9.12. The van der Waals surface area contributed by atoms with E-state index in [1.54, 1.807) is 6.07 Å². The summed E-state index contributed by atoms with van der Waals surface area (Å²) >= 11 is 7.62. The zero-order valence-electron chi connectivity index (χ0n) is 19.1. The Bertz CT molecular complexity index is 783. The second kappa shape index (κ2) is 14.1. The number of halogens is 2. The maximum Gasteiger partial charge on any atom is 0.0587 e. The first-order chi connectivity index (χ1) is 14.9. The van der Waals surface area contributed by atoms with Crippen LogP contribution in [0.25, 0.3) is 0 Å². The molecule has 0 saturated heterocycles. The van der Waals surface area contributed by atoms with Crippen molar-refractivity contribution in [3.8, 4) is 6.07 Å². The molecule has 0 amide bonds. The van der Waals surface area contributed by atoms with Crippen LogP contribution in [0, 0.1) is 11.3 Å². The topological polar surface area (TPSA) is 27.0 Å². The van der Waals surface area contributed by atoms with Gasteiger partial charge < -0.3 is 0 Å². The Labute approximate surface area is 206 Å². The van der Waals surface area contributed by atoms with Crippen LogP contribution in [-0.2, 0) is 13.0 Å². The van der Waals surface area contributed by atoms with E-state index in [9.17, 15) is 0 Å². The molecule has 0 radical (unpaired) electrons. The minimum Gasteiger partial charge on any atom is -0.297 e. The molecule has 0 aromatic heterocycles. The zero-order chi connectivity index (χ0) is 22.6. The smallest absolute Gasteiger partial charge is 0.0587 e. The molecule has 3 rings (SSSR count). The van der Waals surface area contributed by atoms with Gasteiger partial charge in [-0.15, -0.1) is 0 Å². The fourth-order valence-corrected chi connectivity index (χ4v) is 5.36. The molecule has 2 nitrogen and oxygen atoms in total.